The minimum Gasteiger partial charge on any atom is -0.351 e. The van der Waals surface area contributed by atoms with Gasteiger partial charge in [0.25, 0.3) is 5.91 Å². The Hall–Kier alpha value is -2.94. The molecule has 3 N–H and O–H groups in total. The third-order valence-corrected chi connectivity index (χ3v) is 9.97. The van der Waals surface area contributed by atoms with Crippen LogP contribution in [0.4, 0.5) is 0 Å². The first-order valence-corrected chi connectivity index (χ1v) is 17.5. The van der Waals surface area contributed by atoms with Gasteiger partial charge in [-0.25, -0.2) is 0 Å². The number of benzene rings is 2. The van der Waals surface area contributed by atoms with Crippen LogP contribution in [0.15, 0.2) is 48.5 Å². The van der Waals surface area contributed by atoms with E-state index in [0.29, 0.717) is 23.0 Å². The van der Waals surface area contributed by atoms with E-state index in [4.69, 9.17) is 11.6 Å². The van der Waals surface area contributed by atoms with E-state index in [0.717, 1.165) is 57.3 Å². The lowest BCUT2D eigenvalue weighted by Gasteiger charge is -2.35. The predicted octanol–water partition coefficient (Wildman–Crippen LogP) is 5.40. The molecule has 3 amide bonds. The number of rotatable bonds is 13. The maximum Gasteiger partial charge on any atom is 0.251 e. The van der Waals surface area contributed by atoms with E-state index in [-0.39, 0.29) is 35.6 Å². The van der Waals surface area contributed by atoms with Crippen molar-refractivity contribution in [2.45, 2.75) is 102 Å². The molecule has 0 spiro atoms. The molecule has 0 unspecified atom stereocenters. The van der Waals surface area contributed by atoms with Crippen LogP contribution in [0, 0.1) is 5.92 Å². The van der Waals surface area contributed by atoms with Gasteiger partial charge in [-0.2, -0.15) is 0 Å². The molecule has 1 heterocycles. The molecular formula is C37H54ClN5O3. The summed E-state index contributed by atoms with van der Waals surface area (Å²) in [4.78, 5) is 44.7. The molecule has 2 aliphatic rings. The zero-order valence-corrected chi connectivity index (χ0v) is 29.1. The average Bonchev–Trinajstić information content (AvgIpc) is 3.03. The maximum atomic E-state index is 13.6. The monoisotopic (exact) mass is 651 g/mol. The Morgan fingerprint density at radius 3 is 2.30 bits per heavy atom. The van der Waals surface area contributed by atoms with Crippen LogP contribution < -0.4 is 16.0 Å². The van der Waals surface area contributed by atoms with Crippen molar-refractivity contribution in [3.05, 3.63) is 70.2 Å². The van der Waals surface area contributed by atoms with Crippen molar-refractivity contribution in [2.75, 3.05) is 33.7 Å². The van der Waals surface area contributed by atoms with Gasteiger partial charge >= 0.3 is 0 Å². The molecule has 2 fully saturated rings. The summed E-state index contributed by atoms with van der Waals surface area (Å²) < 4.78 is 0. The maximum absolute atomic E-state index is 13.6. The summed E-state index contributed by atoms with van der Waals surface area (Å²) >= 11 is 6.28. The molecule has 1 saturated heterocycles. The Morgan fingerprint density at radius 1 is 0.935 bits per heavy atom. The summed E-state index contributed by atoms with van der Waals surface area (Å²) in [6.45, 7) is 8.98. The first kappa shape index (κ1) is 35.9. The zero-order valence-electron chi connectivity index (χ0n) is 28.4. The van der Waals surface area contributed by atoms with Crippen LogP contribution in [0.25, 0.3) is 0 Å². The molecule has 0 bridgehead atoms. The van der Waals surface area contributed by atoms with E-state index in [1.165, 1.54) is 18.4 Å². The van der Waals surface area contributed by atoms with Gasteiger partial charge in [-0.1, -0.05) is 62.6 Å². The van der Waals surface area contributed by atoms with Gasteiger partial charge in [0.1, 0.15) is 12.1 Å². The second-order valence-corrected chi connectivity index (χ2v) is 14.3. The Labute approximate surface area is 281 Å². The van der Waals surface area contributed by atoms with Crippen LogP contribution >= 0.6 is 11.6 Å². The molecule has 2 aromatic rings. The molecule has 4 atom stereocenters. The van der Waals surface area contributed by atoms with Gasteiger partial charge in [-0.15, -0.1) is 0 Å². The fraction of sp³-hybridized carbons (Fsp3) is 0.595. The molecule has 8 nitrogen and oxygen atoms in total. The Kier molecular flexibility index (Phi) is 13.5. The van der Waals surface area contributed by atoms with Gasteiger partial charge in [-0.3, -0.25) is 14.4 Å². The van der Waals surface area contributed by atoms with Crippen molar-refractivity contribution >= 4 is 29.3 Å². The first-order valence-electron chi connectivity index (χ1n) is 17.1. The second kappa shape index (κ2) is 17.3. The summed E-state index contributed by atoms with van der Waals surface area (Å²) in [5.41, 5.74) is 2.82. The van der Waals surface area contributed by atoms with Gasteiger partial charge in [0.15, 0.2) is 0 Å². The highest BCUT2D eigenvalue weighted by atomic mass is 35.5. The van der Waals surface area contributed by atoms with Crippen LogP contribution in [0.2, 0.25) is 5.02 Å². The van der Waals surface area contributed by atoms with E-state index in [1.54, 1.807) is 6.92 Å². The molecule has 4 rings (SSSR count). The van der Waals surface area contributed by atoms with Crippen LogP contribution in [0.3, 0.4) is 0 Å². The van der Waals surface area contributed by atoms with Crippen molar-refractivity contribution in [1.29, 1.82) is 0 Å². The SMILES string of the molecule is CC(C)C[C@H](NC(=O)[C@H](C)NC(=O)c1ccc(CCN(C)C2CCN(C)CC2)cc1)C(=O)N[C@@H]1CCCC[C@H]1c1cccc(Cl)c1. The number of hydrogen-bond acceptors (Lipinski definition) is 5. The summed E-state index contributed by atoms with van der Waals surface area (Å²) in [6, 6.07) is 14.6. The number of halogens is 1. The van der Waals surface area contributed by atoms with E-state index in [9.17, 15) is 14.4 Å². The topological polar surface area (TPSA) is 93.8 Å². The van der Waals surface area contributed by atoms with Crippen molar-refractivity contribution in [3.8, 4) is 0 Å². The Bertz CT molecular complexity index is 1290. The molecule has 46 heavy (non-hydrogen) atoms. The summed E-state index contributed by atoms with van der Waals surface area (Å²) in [6.07, 6.45) is 7.83. The number of likely N-dealkylation sites (N-methyl/N-ethyl adjacent to an activating group) is 1. The lowest BCUT2D eigenvalue weighted by molar-refractivity contribution is -0.130. The van der Waals surface area contributed by atoms with E-state index < -0.39 is 12.1 Å². The van der Waals surface area contributed by atoms with E-state index >= 15 is 0 Å². The van der Waals surface area contributed by atoms with Crippen molar-refractivity contribution in [1.82, 2.24) is 25.8 Å². The number of amides is 3. The third kappa shape index (κ3) is 10.5. The largest absolute Gasteiger partial charge is 0.351 e. The number of nitrogens with one attached hydrogen (secondary N) is 3. The van der Waals surface area contributed by atoms with Crippen LogP contribution in [-0.2, 0) is 16.0 Å². The smallest absolute Gasteiger partial charge is 0.251 e. The minimum absolute atomic E-state index is 0.0268. The highest BCUT2D eigenvalue weighted by Crippen LogP contribution is 2.34. The molecule has 9 heteroatoms. The second-order valence-electron chi connectivity index (χ2n) is 13.9. The summed E-state index contributed by atoms with van der Waals surface area (Å²) in [5.74, 6) is -0.501. The number of piperidine rings is 1. The Balaban J connectivity index is 1.29. The van der Waals surface area contributed by atoms with E-state index in [1.807, 2.05) is 56.3 Å². The fourth-order valence-corrected chi connectivity index (χ4v) is 7.01. The highest BCUT2D eigenvalue weighted by Gasteiger charge is 2.32. The lowest BCUT2D eigenvalue weighted by Crippen LogP contribution is -2.55. The van der Waals surface area contributed by atoms with Crippen molar-refractivity contribution in [3.63, 3.8) is 0 Å². The third-order valence-electron chi connectivity index (χ3n) is 9.73. The van der Waals surface area contributed by atoms with Gasteiger partial charge in [-0.05, 0) is 114 Å². The quantitative estimate of drug-likeness (QED) is 0.270. The highest BCUT2D eigenvalue weighted by molar-refractivity contribution is 6.30. The van der Waals surface area contributed by atoms with Gasteiger partial charge in [0.2, 0.25) is 11.8 Å². The molecule has 252 valence electrons. The van der Waals surface area contributed by atoms with Gasteiger partial charge in [0.05, 0.1) is 0 Å². The number of carbonyl (C=O) groups is 3. The standard InChI is InChI=1S/C37H54ClN5O3/c1-25(2)23-34(37(46)40-33-12-7-6-11-32(33)29-9-8-10-30(38)24-29)41-35(44)26(3)39-36(45)28-15-13-27(14-16-28)17-22-43(5)31-18-20-42(4)21-19-31/h8-10,13-16,24-26,31-34H,6-7,11-12,17-23H2,1-5H3,(H,39,45)(H,40,46)(H,41,44)/t26-,32-,33+,34-/m0/s1. The number of hydrogen-bond donors (Lipinski definition) is 3. The Morgan fingerprint density at radius 2 is 1.63 bits per heavy atom. The molecular weight excluding hydrogens is 598 g/mol. The molecule has 0 aromatic heterocycles. The molecule has 1 saturated carbocycles. The van der Waals surface area contributed by atoms with Crippen LogP contribution in [-0.4, -0.2) is 85.4 Å². The summed E-state index contributed by atoms with van der Waals surface area (Å²) in [7, 11) is 4.38. The normalized spacial score (nSPS) is 20.7. The lowest BCUT2D eigenvalue weighted by atomic mass is 9.80. The zero-order chi connectivity index (χ0) is 33.2. The minimum atomic E-state index is -0.799. The van der Waals surface area contributed by atoms with Crippen molar-refractivity contribution in [2.24, 2.45) is 5.92 Å². The van der Waals surface area contributed by atoms with Crippen LogP contribution in [0.1, 0.15) is 93.1 Å². The van der Waals surface area contributed by atoms with Crippen LogP contribution in [0.5, 0.6) is 0 Å². The predicted molar refractivity (Wildman–Crippen MR) is 186 cm³/mol. The average molecular weight is 652 g/mol. The van der Waals surface area contributed by atoms with E-state index in [2.05, 4.69) is 45.9 Å². The first-order chi connectivity index (χ1) is 22.0. The number of nitrogens with zero attached hydrogens (tertiary/aromatic N) is 2. The van der Waals surface area contributed by atoms with Gasteiger partial charge in [0, 0.05) is 35.1 Å². The molecule has 1 aliphatic heterocycles. The van der Waals surface area contributed by atoms with Gasteiger partial charge < -0.3 is 25.8 Å². The van der Waals surface area contributed by atoms with Crippen molar-refractivity contribution < 1.29 is 14.4 Å². The number of carbonyl (C=O) groups excluding carboxylic acids is 3. The molecule has 0 radical (unpaired) electrons. The molecule has 2 aromatic carbocycles. The number of likely N-dealkylation sites (tertiary alicyclic amines) is 1. The fourth-order valence-electron chi connectivity index (χ4n) is 6.81. The summed E-state index contributed by atoms with van der Waals surface area (Å²) in [5, 5.41) is 9.70. The molecule has 1 aliphatic carbocycles.